The van der Waals surface area contributed by atoms with E-state index in [1.165, 1.54) is 11.4 Å². The van der Waals surface area contributed by atoms with E-state index in [2.05, 4.69) is 49.9 Å². The molecule has 1 aromatic rings. The summed E-state index contributed by atoms with van der Waals surface area (Å²) in [4.78, 5) is 6.56. The summed E-state index contributed by atoms with van der Waals surface area (Å²) < 4.78 is 11.4. The summed E-state index contributed by atoms with van der Waals surface area (Å²) in [5.74, 6) is 1.68. The van der Waals surface area contributed by atoms with Crippen molar-refractivity contribution in [1.82, 2.24) is 9.80 Å². The second-order valence-electron chi connectivity index (χ2n) is 5.92. The third-order valence-corrected chi connectivity index (χ3v) is 4.62. The Morgan fingerprint density at radius 2 is 1.32 bits per heavy atom. The molecular formula is C17H27N3O2. The van der Waals surface area contributed by atoms with Gasteiger partial charge in [0.2, 0.25) is 0 Å². The largest absolute Gasteiger partial charge is 0.496 e. The molecule has 0 atom stereocenters. The average molecular weight is 305 g/mol. The summed E-state index contributed by atoms with van der Waals surface area (Å²) in [5, 5.41) is 0. The predicted molar refractivity (Wildman–Crippen MR) is 90.5 cm³/mol. The molecular weight excluding hydrogens is 278 g/mol. The highest BCUT2D eigenvalue weighted by Gasteiger charge is 2.35. The Balaban J connectivity index is 2.60. The molecule has 0 aliphatic carbocycles. The number of methoxy groups -OCH3 is 2. The maximum Gasteiger partial charge on any atom is 0.134 e. The lowest BCUT2D eigenvalue weighted by molar-refractivity contribution is 0.182. The van der Waals surface area contributed by atoms with E-state index in [1.54, 1.807) is 14.2 Å². The van der Waals surface area contributed by atoms with Crippen molar-refractivity contribution in [2.75, 3.05) is 47.3 Å². The molecule has 1 aliphatic rings. The fourth-order valence-electron chi connectivity index (χ4n) is 2.96. The Morgan fingerprint density at radius 3 is 1.64 bits per heavy atom. The standard InChI is InChI=1S/C17H27N3O2/c1-11-12(2)20(6)17(19(11)5)16-14(21-7)9-13(18(3)4)10-15(16)22-8/h9-10,17H,1-8H3. The second-order valence-corrected chi connectivity index (χ2v) is 5.92. The zero-order valence-electron chi connectivity index (χ0n) is 14.9. The van der Waals surface area contributed by atoms with Crippen LogP contribution < -0.4 is 14.4 Å². The molecule has 0 unspecified atom stereocenters. The van der Waals surface area contributed by atoms with Crippen LogP contribution in [0.5, 0.6) is 11.5 Å². The van der Waals surface area contributed by atoms with Crippen molar-refractivity contribution >= 4 is 5.69 Å². The minimum absolute atomic E-state index is 0.0705. The molecule has 2 rings (SSSR count). The maximum absolute atomic E-state index is 5.68. The fraction of sp³-hybridized carbons (Fsp3) is 0.529. The number of hydrogen-bond donors (Lipinski definition) is 0. The van der Waals surface area contributed by atoms with E-state index in [0.29, 0.717) is 0 Å². The zero-order chi connectivity index (χ0) is 16.6. The molecule has 0 N–H and O–H groups in total. The van der Waals surface area contributed by atoms with E-state index in [1.807, 2.05) is 19.0 Å². The summed E-state index contributed by atoms with van der Waals surface area (Å²) in [7, 11) is 11.6. The van der Waals surface area contributed by atoms with Gasteiger partial charge < -0.3 is 24.2 Å². The molecule has 5 nitrogen and oxygen atoms in total. The molecule has 0 amide bonds. The smallest absolute Gasteiger partial charge is 0.134 e. The summed E-state index contributed by atoms with van der Waals surface area (Å²) in [5.41, 5.74) is 4.63. The van der Waals surface area contributed by atoms with Gasteiger partial charge >= 0.3 is 0 Å². The van der Waals surface area contributed by atoms with Crippen LogP contribution in [-0.4, -0.2) is 52.2 Å². The molecule has 0 radical (unpaired) electrons. The van der Waals surface area contributed by atoms with Crippen LogP contribution in [0.3, 0.4) is 0 Å². The van der Waals surface area contributed by atoms with Gasteiger partial charge in [-0.3, -0.25) is 0 Å². The Labute approximate surface area is 133 Å². The van der Waals surface area contributed by atoms with Crippen LogP contribution in [0.25, 0.3) is 0 Å². The summed E-state index contributed by atoms with van der Waals surface area (Å²) in [6.07, 6.45) is 0.0705. The number of ether oxygens (including phenoxy) is 2. The maximum atomic E-state index is 5.68. The van der Waals surface area contributed by atoms with Crippen molar-refractivity contribution in [2.45, 2.75) is 20.0 Å². The molecule has 1 aromatic carbocycles. The lowest BCUT2D eigenvalue weighted by Gasteiger charge is -2.32. The first-order valence-corrected chi connectivity index (χ1v) is 7.39. The van der Waals surface area contributed by atoms with Crippen LogP contribution in [0.1, 0.15) is 25.6 Å². The van der Waals surface area contributed by atoms with E-state index in [4.69, 9.17) is 9.47 Å². The van der Waals surface area contributed by atoms with E-state index in [0.717, 1.165) is 22.7 Å². The normalized spacial score (nSPS) is 15.6. The van der Waals surface area contributed by atoms with Crippen LogP contribution in [0, 0.1) is 0 Å². The van der Waals surface area contributed by atoms with Crippen molar-refractivity contribution in [1.29, 1.82) is 0 Å². The lowest BCUT2D eigenvalue weighted by atomic mass is 10.1. The Hall–Kier alpha value is -2.04. The zero-order valence-corrected chi connectivity index (χ0v) is 14.9. The number of anilines is 1. The topological polar surface area (TPSA) is 28.2 Å². The van der Waals surface area contributed by atoms with Gasteiger partial charge in [0.05, 0.1) is 19.8 Å². The predicted octanol–water partition coefficient (Wildman–Crippen LogP) is 2.90. The van der Waals surface area contributed by atoms with Gasteiger partial charge in [-0.05, 0) is 13.8 Å². The van der Waals surface area contributed by atoms with Gasteiger partial charge in [-0.25, -0.2) is 0 Å². The van der Waals surface area contributed by atoms with Gasteiger partial charge in [0.15, 0.2) is 0 Å². The minimum Gasteiger partial charge on any atom is -0.496 e. The summed E-state index contributed by atoms with van der Waals surface area (Å²) in [6, 6.07) is 4.12. The van der Waals surface area contributed by atoms with Crippen molar-refractivity contribution in [3.8, 4) is 11.5 Å². The first kappa shape index (κ1) is 16.3. The number of rotatable bonds is 4. The van der Waals surface area contributed by atoms with Crippen molar-refractivity contribution < 1.29 is 9.47 Å². The van der Waals surface area contributed by atoms with E-state index < -0.39 is 0 Å². The van der Waals surface area contributed by atoms with Crippen LogP contribution in [0.4, 0.5) is 5.69 Å². The second kappa shape index (κ2) is 5.99. The Kier molecular flexibility index (Phi) is 4.44. The van der Waals surface area contributed by atoms with Gasteiger partial charge in [-0.2, -0.15) is 0 Å². The fourth-order valence-corrected chi connectivity index (χ4v) is 2.96. The summed E-state index contributed by atoms with van der Waals surface area (Å²) in [6.45, 7) is 4.28. The van der Waals surface area contributed by atoms with Gasteiger partial charge in [0.25, 0.3) is 0 Å². The molecule has 0 aromatic heterocycles. The van der Waals surface area contributed by atoms with E-state index in [-0.39, 0.29) is 6.17 Å². The third kappa shape index (κ3) is 2.45. The first-order valence-electron chi connectivity index (χ1n) is 7.39. The summed E-state index contributed by atoms with van der Waals surface area (Å²) >= 11 is 0. The molecule has 1 aliphatic heterocycles. The highest BCUT2D eigenvalue weighted by atomic mass is 16.5. The third-order valence-electron chi connectivity index (χ3n) is 4.62. The number of nitrogens with zero attached hydrogens (tertiary/aromatic N) is 3. The Morgan fingerprint density at radius 1 is 0.909 bits per heavy atom. The average Bonchev–Trinajstić information content (AvgIpc) is 2.69. The number of allylic oxidation sites excluding steroid dienone is 2. The molecule has 1 heterocycles. The minimum atomic E-state index is 0.0705. The molecule has 0 spiro atoms. The van der Waals surface area contributed by atoms with Crippen molar-refractivity contribution in [3.63, 3.8) is 0 Å². The molecule has 0 saturated carbocycles. The first-order chi connectivity index (χ1) is 10.3. The van der Waals surface area contributed by atoms with Crippen molar-refractivity contribution in [2.24, 2.45) is 0 Å². The molecule has 122 valence electrons. The lowest BCUT2D eigenvalue weighted by Crippen LogP contribution is -2.28. The highest BCUT2D eigenvalue weighted by molar-refractivity contribution is 5.61. The number of benzene rings is 1. The Bertz CT molecular complexity index is 553. The van der Waals surface area contributed by atoms with Gasteiger partial charge in [0, 0.05) is 57.4 Å². The van der Waals surface area contributed by atoms with Crippen LogP contribution in [0.15, 0.2) is 23.5 Å². The van der Waals surface area contributed by atoms with Crippen LogP contribution in [-0.2, 0) is 0 Å². The highest BCUT2D eigenvalue weighted by Crippen LogP contribution is 2.46. The quantitative estimate of drug-likeness (QED) is 0.853. The molecule has 22 heavy (non-hydrogen) atoms. The molecule has 0 fully saturated rings. The SMILES string of the molecule is COc1cc(N(C)C)cc(OC)c1C1N(C)C(C)=C(C)N1C. The van der Waals surface area contributed by atoms with Gasteiger partial charge in [-0.15, -0.1) is 0 Å². The number of hydrogen-bond acceptors (Lipinski definition) is 5. The molecule has 0 saturated heterocycles. The monoisotopic (exact) mass is 305 g/mol. The van der Waals surface area contributed by atoms with Crippen LogP contribution >= 0.6 is 0 Å². The van der Waals surface area contributed by atoms with Crippen LogP contribution in [0.2, 0.25) is 0 Å². The van der Waals surface area contributed by atoms with Gasteiger partial charge in [0.1, 0.15) is 17.7 Å². The molecule has 5 heteroatoms. The van der Waals surface area contributed by atoms with E-state index >= 15 is 0 Å². The molecule has 0 bridgehead atoms. The van der Waals surface area contributed by atoms with Crippen molar-refractivity contribution in [3.05, 3.63) is 29.1 Å². The van der Waals surface area contributed by atoms with Gasteiger partial charge in [-0.1, -0.05) is 0 Å². The van der Waals surface area contributed by atoms with E-state index in [9.17, 15) is 0 Å².